The molecule has 18 heavy (non-hydrogen) atoms. The standard InChI is InChI=1S/C11H16N2O5/c1-3-4-7(6-18-2)13-5-8(10(15)16)9(14)12-11(13)17/h5,7H,3-4,6H2,1-2H3,(H,15,16)(H,12,14,17). The summed E-state index contributed by atoms with van der Waals surface area (Å²) in [5.74, 6) is -1.36. The van der Waals surface area contributed by atoms with Gasteiger partial charge in [0.1, 0.15) is 5.56 Å². The summed E-state index contributed by atoms with van der Waals surface area (Å²) in [5, 5.41) is 8.86. The summed E-state index contributed by atoms with van der Waals surface area (Å²) in [6, 6.07) is -0.289. The Morgan fingerprint density at radius 2 is 2.22 bits per heavy atom. The van der Waals surface area contributed by atoms with Gasteiger partial charge in [-0.2, -0.15) is 0 Å². The van der Waals surface area contributed by atoms with Crippen LogP contribution >= 0.6 is 0 Å². The van der Waals surface area contributed by atoms with Crippen LogP contribution in [0.25, 0.3) is 0 Å². The van der Waals surface area contributed by atoms with E-state index in [4.69, 9.17) is 9.84 Å². The highest BCUT2D eigenvalue weighted by Crippen LogP contribution is 2.11. The predicted octanol–water partition coefficient (Wildman–Crippen LogP) is 0.222. The first-order valence-corrected chi connectivity index (χ1v) is 5.59. The van der Waals surface area contributed by atoms with Gasteiger partial charge in [0.15, 0.2) is 0 Å². The Hall–Kier alpha value is -1.89. The molecule has 2 N–H and O–H groups in total. The van der Waals surface area contributed by atoms with Gasteiger partial charge in [-0.1, -0.05) is 13.3 Å². The third kappa shape index (κ3) is 3.07. The third-order valence-electron chi connectivity index (χ3n) is 2.57. The lowest BCUT2D eigenvalue weighted by Gasteiger charge is -2.18. The molecule has 1 aromatic heterocycles. The normalized spacial score (nSPS) is 12.3. The fourth-order valence-electron chi connectivity index (χ4n) is 1.74. The smallest absolute Gasteiger partial charge is 0.342 e. The highest BCUT2D eigenvalue weighted by atomic mass is 16.5. The Kier molecular flexibility index (Phi) is 4.85. The molecule has 7 heteroatoms. The van der Waals surface area contributed by atoms with Crippen molar-refractivity contribution in [2.24, 2.45) is 0 Å². The van der Waals surface area contributed by atoms with Crippen molar-refractivity contribution in [1.82, 2.24) is 9.55 Å². The minimum Gasteiger partial charge on any atom is -0.477 e. The molecule has 0 aliphatic carbocycles. The third-order valence-corrected chi connectivity index (χ3v) is 2.57. The molecule has 100 valence electrons. The van der Waals surface area contributed by atoms with E-state index in [1.54, 1.807) is 0 Å². The van der Waals surface area contributed by atoms with Crippen LogP contribution in [-0.2, 0) is 4.74 Å². The van der Waals surface area contributed by atoms with E-state index in [9.17, 15) is 14.4 Å². The van der Waals surface area contributed by atoms with Crippen LogP contribution in [0, 0.1) is 0 Å². The number of aromatic carboxylic acids is 1. The number of hydrogen-bond donors (Lipinski definition) is 2. The van der Waals surface area contributed by atoms with E-state index in [1.165, 1.54) is 11.7 Å². The van der Waals surface area contributed by atoms with E-state index < -0.39 is 22.8 Å². The lowest BCUT2D eigenvalue weighted by atomic mass is 10.1. The Morgan fingerprint density at radius 1 is 1.56 bits per heavy atom. The second kappa shape index (κ2) is 6.15. The van der Waals surface area contributed by atoms with E-state index >= 15 is 0 Å². The number of ether oxygens (including phenoxy) is 1. The summed E-state index contributed by atoms with van der Waals surface area (Å²) in [6.07, 6.45) is 2.53. The molecule has 7 nitrogen and oxygen atoms in total. The highest BCUT2D eigenvalue weighted by molar-refractivity contribution is 5.86. The monoisotopic (exact) mass is 256 g/mol. The number of carboxylic acid groups (broad SMARTS) is 1. The number of aromatic nitrogens is 2. The summed E-state index contributed by atoms with van der Waals surface area (Å²) in [6.45, 7) is 2.22. The van der Waals surface area contributed by atoms with Crippen molar-refractivity contribution in [1.29, 1.82) is 0 Å². The van der Waals surface area contributed by atoms with Gasteiger partial charge in [0.25, 0.3) is 5.56 Å². The molecule has 0 spiro atoms. The van der Waals surface area contributed by atoms with Crippen molar-refractivity contribution in [2.75, 3.05) is 13.7 Å². The van der Waals surface area contributed by atoms with E-state index in [0.29, 0.717) is 6.42 Å². The molecule has 0 aliphatic heterocycles. The van der Waals surface area contributed by atoms with Gasteiger partial charge >= 0.3 is 11.7 Å². The first kappa shape index (κ1) is 14.2. The Balaban J connectivity index is 3.29. The summed E-state index contributed by atoms with van der Waals surface area (Å²) in [7, 11) is 1.50. The fraction of sp³-hybridized carbons (Fsp3) is 0.545. The highest BCUT2D eigenvalue weighted by Gasteiger charge is 2.17. The Bertz CT molecular complexity index is 525. The number of carboxylic acids is 1. The zero-order valence-corrected chi connectivity index (χ0v) is 10.3. The maximum absolute atomic E-state index is 11.7. The van der Waals surface area contributed by atoms with Gasteiger partial charge in [0, 0.05) is 13.3 Å². The van der Waals surface area contributed by atoms with E-state index in [0.717, 1.165) is 12.6 Å². The summed E-state index contributed by atoms with van der Waals surface area (Å²) in [4.78, 5) is 35.8. The van der Waals surface area contributed by atoms with Crippen molar-refractivity contribution in [2.45, 2.75) is 25.8 Å². The number of hydrogen-bond acceptors (Lipinski definition) is 4. The zero-order chi connectivity index (χ0) is 13.7. The molecule has 0 saturated carbocycles. The number of methoxy groups -OCH3 is 1. The molecule has 0 aromatic carbocycles. The minimum atomic E-state index is -1.36. The number of nitrogens with zero attached hydrogens (tertiary/aromatic N) is 1. The fourth-order valence-corrected chi connectivity index (χ4v) is 1.74. The number of aromatic amines is 1. The second-order valence-electron chi connectivity index (χ2n) is 3.91. The van der Waals surface area contributed by atoms with E-state index in [-0.39, 0.29) is 12.6 Å². The summed E-state index contributed by atoms with van der Waals surface area (Å²) < 4.78 is 6.20. The average Bonchev–Trinajstić information content (AvgIpc) is 2.28. The summed E-state index contributed by atoms with van der Waals surface area (Å²) >= 11 is 0. The molecule has 0 radical (unpaired) electrons. The topological polar surface area (TPSA) is 101 Å². The van der Waals surface area contributed by atoms with E-state index in [1.807, 2.05) is 11.9 Å². The minimum absolute atomic E-state index is 0.277. The molecule has 0 fully saturated rings. The van der Waals surface area contributed by atoms with Gasteiger partial charge < -0.3 is 9.84 Å². The molecule has 0 aliphatic rings. The largest absolute Gasteiger partial charge is 0.477 e. The first-order chi connectivity index (χ1) is 8.51. The molecule has 1 rings (SSSR count). The van der Waals surface area contributed by atoms with Gasteiger partial charge in [-0.3, -0.25) is 14.3 Å². The molecule has 1 atom stereocenters. The van der Waals surface area contributed by atoms with Gasteiger partial charge in [-0.05, 0) is 6.42 Å². The van der Waals surface area contributed by atoms with Gasteiger partial charge in [0.2, 0.25) is 0 Å². The van der Waals surface area contributed by atoms with Gasteiger partial charge in [0.05, 0.1) is 12.6 Å². The number of H-pyrrole nitrogens is 1. The second-order valence-corrected chi connectivity index (χ2v) is 3.91. The Morgan fingerprint density at radius 3 is 2.72 bits per heavy atom. The van der Waals surface area contributed by atoms with Crippen LogP contribution < -0.4 is 11.2 Å². The van der Waals surface area contributed by atoms with Crippen LogP contribution in [0.3, 0.4) is 0 Å². The van der Waals surface area contributed by atoms with Crippen LogP contribution in [0.1, 0.15) is 36.2 Å². The van der Waals surface area contributed by atoms with Crippen molar-refractivity contribution in [3.05, 3.63) is 32.6 Å². The van der Waals surface area contributed by atoms with Crippen LogP contribution in [0.5, 0.6) is 0 Å². The van der Waals surface area contributed by atoms with Crippen LogP contribution in [0.15, 0.2) is 15.8 Å². The first-order valence-electron chi connectivity index (χ1n) is 5.59. The van der Waals surface area contributed by atoms with Crippen molar-refractivity contribution in [3.63, 3.8) is 0 Å². The summed E-state index contributed by atoms with van der Waals surface area (Å²) in [5.41, 5.74) is -1.97. The van der Waals surface area contributed by atoms with E-state index in [2.05, 4.69) is 0 Å². The molecular formula is C11H16N2O5. The van der Waals surface area contributed by atoms with Crippen LogP contribution in [0.2, 0.25) is 0 Å². The zero-order valence-electron chi connectivity index (χ0n) is 10.3. The number of rotatable bonds is 6. The molecule has 1 heterocycles. The van der Waals surface area contributed by atoms with Crippen LogP contribution in [0.4, 0.5) is 0 Å². The SMILES string of the molecule is CCCC(COC)n1cc(C(=O)O)c(=O)[nH]c1=O. The average molecular weight is 256 g/mol. The number of carbonyl (C=O) groups is 1. The molecule has 0 amide bonds. The maximum atomic E-state index is 11.7. The molecule has 1 aromatic rings. The Labute approximate surface area is 103 Å². The van der Waals surface area contributed by atoms with Gasteiger partial charge in [-0.15, -0.1) is 0 Å². The quantitative estimate of drug-likeness (QED) is 0.758. The molecule has 1 unspecified atom stereocenters. The predicted molar refractivity (Wildman–Crippen MR) is 64.1 cm³/mol. The molecular weight excluding hydrogens is 240 g/mol. The van der Waals surface area contributed by atoms with Crippen molar-refractivity contribution in [3.8, 4) is 0 Å². The lowest BCUT2D eigenvalue weighted by Crippen LogP contribution is -2.36. The lowest BCUT2D eigenvalue weighted by molar-refractivity contribution is 0.0692. The maximum Gasteiger partial charge on any atom is 0.342 e. The van der Waals surface area contributed by atoms with Crippen LogP contribution in [-0.4, -0.2) is 34.3 Å². The molecule has 0 saturated heterocycles. The van der Waals surface area contributed by atoms with Gasteiger partial charge in [-0.25, -0.2) is 9.59 Å². The van der Waals surface area contributed by atoms with Crippen molar-refractivity contribution >= 4 is 5.97 Å². The molecule has 0 bridgehead atoms. The van der Waals surface area contributed by atoms with Crippen molar-refractivity contribution < 1.29 is 14.6 Å². The number of nitrogens with one attached hydrogen (secondary N) is 1.